The van der Waals surface area contributed by atoms with E-state index in [0.29, 0.717) is 36.8 Å². The fourth-order valence-corrected chi connectivity index (χ4v) is 4.58. The number of amides is 2. The van der Waals surface area contributed by atoms with E-state index in [0.717, 1.165) is 24.2 Å². The van der Waals surface area contributed by atoms with Crippen molar-refractivity contribution in [2.75, 3.05) is 38.8 Å². The van der Waals surface area contributed by atoms with E-state index in [1.807, 2.05) is 11.0 Å². The third kappa shape index (κ3) is 4.92. The zero-order chi connectivity index (χ0) is 23.5. The second-order valence-electron chi connectivity index (χ2n) is 8.86. The number of aryl methyl sites for hydroxylation is 2. The molecule has 176 valence electrons. The van der Waals surface area contributed by atoms with Gasteiger partial charge in [-0.05, 0) is 43.2 Å². The van der Waals surface area contributed by atoms with Crippen LogP contribution < -0.4 is 19.1 Å². The maximum Gasteiger partial charge on any atom is 0.228 e. The molecule has 33 heavy (non-hydrogen) atoms. The van der Waals surface area contributed by atoms with Crippen LogP contribution in [0.25, 0.3) is 0 Å². The number of piperidine rings is 1. The summed E-state index contributed by atoms with van der Waals surface area (Å²) in [5.74, 6) is 1.76. The molecule has 2 aliphatic heterocycles. The number of nitrogens with zero attached hydrogens (tertiary/aromatic N) is 2. The SMILES string of the molecule is COc1ccc(N2CC(C(=O)N3CCC(Oc4cc(C)ccc4C)CC3)CC2=O)cc1OC. The summed E-state index contributed by atoms with van der Waals surface area (Å²) in [6.07, 6.45) is 1.91. The molecule has 2 aromatic rings. The molecule has 2 aromatic carbocycles. The summed E-state index contributed by atoms with van der Waals surface area (Å²) < 4.78 is 16.9. The summed E-state index contributed by atoms with van der Waals surface area (Å²) in [6.45, 7) is 5.79. The van der Waals surface area contributed by atoms with Crippen molar-refractivity contribution in [1.82, 2.24) is 4.90 Å². The minimum atomic E-state index is -0.331. The van der Waals surface area contributed by atoms with E-state index in [1.165, 1.54) is 5.56 Å². The van der Waals surface area contributed by atoms with Gasteiger partial charge in [-0.1, -0.05) is 12.1 Å². The van der Waals surface area contributed by atoms with Crippen molar-refractivity contribution in [1.29, 1.82) is 0 Å². The van der Waals surface area contributed by atoms with E-state index in [9.17, 15) is 9.59 Å². The molecule has 2 amide bonds. The fourth-order valence-electron chi connectivity index (χ4n) is 4.58. The Morgan fingerprint density at radius 2 is 1.67 bits per heavy atom. The number of anilines is 1. The Balaban J connectivity index is 1.35. The molecule has 4 rings (SSSR count). The van der Waals surface area contributed by atoms with E-state index in [4.69, 9.17) is 14.2 Å². The van der Waals surface area contributed by atoms with Crippen molar-refractivity contribution in [3.8, 4) is 17.2 Å². The Bertz CT molecular complexity index is 1030. The van der Waals surface area contributed by atoms with Gasteiger partial charge in [0, 0.05) is 50.7 Å². The number of rotatable bonds is 6. The minimum absolute atomic E-state index is 0.0475. The van der Waals surface area contributed by atoms with E-state index in [2.05, 4.69) is 32.0 Å². The number of ether oxygens (including phenoxy) is 3. The van der Waals surface area contributed by atoms with Crippen molar-refractivity contribution in [2.24, 2.45) is 5.92 Å². The van der Waals surface area contributed by atoms with Gasteiger partial charge in [0.15, 0.2) is 11.5 Å². The molecule has 2 aliphatic rings. The highest BCUT2D eigenvalue weighted by Gasteiger charge is 2.38. The molecular weight excluding hydrogens is 420 g/mol. The number of carbonyl (C=O) groups is 2. The fraction of sp³-hybridized carbons (Fsp3) is 0.462. The largest absolute Gasteiger partial charge is 0.493 e. The first kappa shape index (κ1) is 23.0. The normalized spacial score (nSPS) is 19.0. The second-order valence-corrected chi connectivity index (χ2v) is 8.86. The van der Waals surface area contributed by atoms with Crippen molar-refractivity contribution in [3.05, 3.63) is 47.5 Å². The molecule has 0 bridgehead atoms. The van der Waals surface area contributed by atoms with Gasteiger partial charge in [0.2, 0.25) is 11.8 Å². The Morgan fingerprint density at radius 1 is 0.939 bits per heavy atom. The summed E-state index contributed by atoms with van der Waals surface area (Å²) >= 11 is 0. The first-order valence-electron chi connectivity index (χ1n) is 11.4. The van der Waals surface area contributed by atoms with Crippen molar-refractivity contribution >= 4 is 17.5 Å². The van der Waals surface area contributed by atoms with Crippen LogP contribution in [-0.2, 0) is 9.59 Å². The lowest BCUT2D eigenvalue weighted by atomic mass is 10.0. The Hall–Kier alpha value is -3.22. The van der Waals surface area contributed by atoms with Crippen LogP contribution in [0.2, 0.25) is 0 Å². The molecule has 2 saturated heterocycles. The van der Waals surface area contributed by atoms with Crippen molar-refractivity contribution < 1.29 is 23.8 Å². The Labute approximate surface area is 195 Å². The van der Waals surface area contributed by atoms with Crippen LogP contribution in [-0.4, -0.2) is 56.7 Å². The molecule has 0 N–H and O–H groups in total. The highest BCUT2D eigenvalue weighted by molar-refractivity contribution is 6.00. The molecule has 0 aliphatic carbocycles. The van der Waals surface area contributed by atoms with Gasteiger partial charge < -0.3 is 24.0 Å². The van der Waals surface area contributed by atoms with Gasteiger partial charge in [-0.2, -0.15) is 0 Å². The highest BCUT2D eigenvalue weighted by atomic mass is 16.5. The van der Waals surface area contributed by atoms with Crippen LogP contribution in [0.5, 0.6) is 17.2 Å². The molecule has 0 spiro atoms. The van der Waals surface area contributed by atoms with Crippen LogP contribution in [0, 0.1) is 19.8 Å². The average Bonchev–Trinajstić information content (AvgIpc) is 3.22. The minimum Gasteiger partial charge on any atom is -0.493 e. The first-order valence-corrected chi connectivity index (χ1v) is 11.4. The number of hydrogen-bond donors (Lipinski definition) is 0. The summed E-state index contributed by atoms with van der Waals surface area (Å²) in [4.78, 5) is 29.4. The Kier molecular flexibility index (Phi) is 6.77. The summed E-state index contributed by atoms with van der Waals surface area (Å²) in [5, 5.41) is 0. The van der Waals surface area contributed by atoms with Crippen LogP contribution in [0.15, 0.2) is 36.4 Å². The zero-order valence-electron chi connectivity index (χ0n) is 19.8. The number of methoxy groups -OCH3 is 2. The van der Waals surface area contributed by atoms with Crippen LogP contribution in [0.4, 0.5) is 5.69 Å². The monoisotopic (exact) mass is 452 g/mol. The van der Waals surface area contributed by atoms with Crippen LogP contribution in [0.1, 0.15) is 30.4 Å². The summed E-state index contributed by atoms with van der Waals surface area (Å²) in [6, 6.07) is 11.6. The van der Waals surface area contributed by atoms with E-state index in [1.54, 1.807) is 31.3 Å². The summed E-state index contributed by atoms with van der Waals surface area (Å²) in [7, 11) is 3.14. The smallest absolute Gasteiger partial charge is 0.228 e. The van der Waals surface area contributed by atoms with E-state index in [-0.39, 0.29) is 30.3 Å². The lowest BCUT2D eigenvalue weighted by Crippen LogP contribution is -2.45. The van der Waals surface area contributed by atoms with Gasteiger partial charge in [-0.25, -0.2) is 0 Å². The third-order valence-corrected chi connectivity index (χ3v) is 6.54. The first-order chi connectivity index (χ1) is 15.9. The van der Waals surface area contributed by atoms with Gasteiger partial charge in [-0.15, -0.1) is 0 Å². The maximum atomic E-state index is 13.2. The van der Waals surface area contributed by atoms with Gasteiger partial charge in [0.05, 0.1) is 20.1 Å². The molecule has 2 heterocycles. The average molecular weight is 453 g/mol. The number of hydrogen-bond acceptors (Lipinski definition) is 5. The van der Waals surface area contributed by atoms with E-state index < -0.39 is 0 Å². The molecular formula is C26H32N2O5. The third-order valence-electron chi connectivity index (χ3n) is 6.54. The topological polar surface area (TPSA) is 68.3 Å². The highest BCUT2D eigenvalue weighted by Crippen LogP contribution is 2.34. The zero-order valence-corrected chi connectivity index (χ0v) is 19.8. The van der Waals surface area contributed by atoms with Crippen molar-refractivity contribution in [3.63, 3.8) is 0 Å². The lowest BCUT2D eigenvalue weighted by Gasteiger charge is -2.34. The predicted molar refractivity (Wildman–Crippen MR) is 126 cm³/mol. The maximum absolute atomic E-state index is 13.2. The van der Waals surface area contributed by atoms with Gasteiger partial charge >= 0.3 is 0 Å². The molecule has 7 nitrogen and oxygen atoms in total. The van der Waals surface area contributed by atoms with Gasteiger partial charge in [0.25, 0.3) is 0 Å². The second kappa shape index (κ2) is 9.73. The number of carbonyl (C=O) groups excluding carboxylic acids is 2. The van der Waals surface area contributed by atoms with Crippen LogP contribution >= 0.6 is 0 Å². The van der Waals surface area contributed by atoms with Crippen LogP contribution in [0.3, 0.4) is 0 Å². The van der Waals surface area contributed by atoms with Gasteiger partial charge in [0.1, 0.15) is 11.9 Å². The molecule has 7 heteroatoms. The number of likely N-dealkylation sites (tertiary alicyclic amines) is 1. The Morgan fingerprint density at radius 3 is 2.36 bits per heavy atom. The molecule has 0 aromatic heterocycles. The standard InChI is InChI=1S/C26H32N2O5/c1-17-5-6-18(2)23(13-17)33-21-9-11-27(12-10-21)26(30)19-14-25(29)28(16-19)20-7-8-22(31-3)24(15-20)32-4/h5-8,13,15,19,21H,9-12,14,16H2,1-4H3. The van der Waals surface area contributed by atoms with Crippen molar-refractivity contribution in [2.45, 2.75) is 39.2 Å². The predicted octanol–water partition coefficient (Wildman–Crippen LogP) is 3.74. The quantitative estimate of drug-likeness (QED) is 0.668. The van der Waals surface area contributed by atoms with Gasteiger partial charge in [-0.3, -0.25) is 9.59 Å². The van der Waals surface area contributed by atoms with E-state index >= 15 is 0 Å². The molecule has 0 radical (unpaired) electrons. The summed E-state index contributed by atoms with van der Waals surface area (Å²) in [5.41, 5.74) is 3.01. The molecule has 1 atom stereocenters. The molecule has 2 fully saturated rings. The number of benzene rings is 2. The lowest BCUT2D eigenvalue weighted by molar-refractivity contribution is -0.137. The molecule has 1 unspecified atom stereocenters. The molecule has 0 saturated carbocycles.